The Morgan fingerprint density at radius 2 is 1.85 bits per heavy atom. The Kier molecular flexibility index (Phi) is 8.35. The molecule has 1 aromatic rings. The van der Waals surface area contributed by atoms with Crippen molar-refractivity contribution in [3.8, 4) is 5.75 Å². The summed E-state index contributed by atoms with van der Waals surface area (Å²) in [5, 5.41) is 5.14. The second-order valence-corrected chi connectivity index (χ2v) is 4.13. The van der Waals surface area contributed by atoms with Gasteiger partial charge in [-0.3, -0.25) is 9.59 Å². The number of rotatable bonds is 6. The van der Waals surface area contributed by atoms with E-state index in [1.165, 1.54) is 0 Å². The second kappa shape index (κ2) is 9.17. The van der Waals surface area contributed by atoms with Gasteiger partial charge in [0.1, 0.15) is 5.75 Å². The molecule has 0 unspecified atom stereocenters. The van der Waals surface area contributed by atoms with Gasteiger partial charge in [-0.05, 0) is 24.6 Å². The van der Waals surface area contributed by atoms with Crippen molar-refractivity contribution < 1.29 is 14.3 Å². The zero-order valence-corrected chi connectivity index (χ0v) is 12.3. The minimum absolute atomic E-state index is 0. The summed E-state index contributed by atoms with van der Waals surface area (Å²) in [5.41, 5.74) is 6.31. The highest BCUT2D eigenvalue weighted by Gasteiger charge is 2.08. The van der Waals surface area contributed by atoms with Gasteiger partial charge in [-0.2, -0.15) is 0 Å². The molecule has 1 aromatic carbocycles. The van der Waals surface area contributed by atoms with Gasteiger partial charge in [0.2, 0.25) is 11.8 Å². The average molecular weight is 302 g/mol. The van der Waals surface area contributed by atoms with Crippen LogP contribution in [0.2, 0.25) is 0 Å². The standard InChI is InChI=1S/C13H19N3O3.ClH/c1-9(14)13(18)16-8-12(17)15-7-10-3-5-11(19-2)6-4-10;/h3-6,9H,7-8,14H2,1-2H3,(H,15,17)(H,16,18);1H/t9-;/m1./s1. The number of amides is 2. The van der Waals surface area contributed by atoms with E-state index in [2.05, 4.69) is 10.6 Å². The minimum atomic E-state index is -0.616. The lowest BCUT2D eigenvalue weighted by molar-refractivity contribution is -0.126. The van der Waals surface area contributed by atoms with E-state index in [4.69, 9.17) is 10.5 Å². The molecule has 0 bridgehead atoms. The molecule has 0 aliphatic heterocycles. The lowest BCUT2D eigenvalue weighted by atomic mass is 10.2. The van der Waals surface area contributed by atoms with Gasteiger partial charge in [-0.1, -0.05) is 12.1 Å². The molecule has 112 valence electrons. The SMILES string of the molecule is COc1ccc(CNC(=O)CNC(=O)[C@@H](C)N)cc1.Cl. The molecule has 1 atom stereocenters. The van der Waals surface area contributed by atoms with E-state index in [-0.39, 0.29) is 30.8 Å². The van der Waals surface area contributed by atoms with Crippen LogP contribution in [0.4, 0.5) is 0 Å². The molecule has 0 fully saturated rings. The second-order valence-electron chi connectivity index (χ2n) is 4.13. The Bertz CT molecular complexity index is 435. The Morgan fingerprint density at radius 3 is 2.35 bits per heavy atom. The van der Waals surface area contributed by atoms with Crippen LogP contribution in [-0.2, 0) is 16.1 Å². The van der Waals surface area contributed by atoms with Crippen molar-refractivity contribution in [3.63, 3.8) is 0 Å². The van der Waals surface area contributed by atoms with Gasteiger partial charge in [0.05, 0.1) is 19.7 Å². The zero-order chi connectivity index (χ0) is 14.3. The van der Waals surface area contributed by atoms with E-state index in [1.54, 1.807) is 14.0 Å². The monoisotopic (exact) mass is 301 g/mol. The summed E-state index contributed by atoms with van der Waals surface area (Å²) in [7, 11) is 1.60. The van der Waals surface area contributed by atoms with Gasteiger partial charge in [-0.15, -0.1) is 12.4 Å². The molecule has 7 heteroatoms. The molecular formula is C13H20ClN3O3. The zero-order valence-electron chi connectivity index (χ0n) is 11.5. The number of nitrogens with two attached hydrogens (primary N) is 1. The summed E-state index contributed by atoms with van der Waals surface area (Å²) in [6, 6.07) is 6.74. The summed E-state index contributed by atoms with van der Waals surface area (Å²) in [6.07, 6.45) is 0. The van der Waals surface area contributed by atoms with Gasteiger partial charge in [0, 0.05) is 6.54 Å². The highest BCUT2D eigenvalue weighted by atomic mass is 35.5. The number of halogens is 1. The lowest BCUT2D eigenvalue weighted by Crippen LogP contribution is -2.43. The summed E-state index contributed by atoms with van der Waals surface area (Å²) in [5.74, 6) is 0.156. The van der Waals surface area contributed by atoms with Crippen molar-refractivity contribution in [2.75, 3.05) is 13.7 Å². The predicted molar refractivity (Wildman–Crippen MR) is 78.7 cm³/mol. The minimum Gasteiger partial charge on any atom is -0.497 e. The molecule has 0 aliphatic rings. The maximum Gasteiger partial charge on any atom is 0.239 e. The quantitative estimate of drug-likeness (QED) is 0.699. The van der Waals surface area contributed by atoms with Crippen LogP contribution >= 0.6 is 12.4 Å². The third-order valence-electron chi connectivity index (χ3n) is 2.49. The maximum atomic E-state index is 11.5. The highest BCUT2D eigenvalue weighted by molar-refractivity contribution is 5.87. The molecular weight excluding hydrogens is 282 g/mol. The number of ether oxygens (including phenoxy) is 1. The molecule has 0 aliphatic carbocycles. The summed E-state index contributed by atoms with van der Waals surface area (Å²) in [4.78, 5) is 22.6. The first-order valence-corrected chi connectivity index (χ1v) is 5.96. The van der Waals surface area contributed by atoms with E-state index in [0.717, 1.165) is 11.3 Å². The van der Waals surface area contributed by atoms with Crippen LogP contribution < -0.4 is 21.1 Å². The van der Waals surface area contributed by atoms with Gasteiger partial charge >= 0.3 is 0 Å². The van der Waals surface area contributed by atoms with Gasteiger partial charge in [0.15, 0.2) is 0 Å². The molecule has 0 saturated carbocycles. The fraction of sp³-hybridized carbons (Fsp3) is 0.385. The van der Waals surface area contributed by atoms with Gasteiger partial charge in [0.25, 0.3) is 0 Å². The van der Waals surface area contributed by atoms with Crippen molar-refractivity contribution >= 4 is 24.2 Å². The third kappa shape index (κ3) is 6.40. The van der Waals surface area contributed by atoms with Crippen LogP contribution in [0.15, 0.2) is 24.3 Å². The molecule has 2 amide bonds. The fourth-order valence-corrected chi connectivity index (χ4v) is 1.33. The molecule has 6 nitrogen and oxygen atoms in total. The van der Waals surface area contributed by atoms with Crippen LogP contribution in [0.25, 0.3) is 0 Å². The van der Waals surface area contributed by atoms with E-state index in [1.807, 2.05) is 24.3 Å². The first-order chi connectivity index (χ1) is 9.02. The summed E-state index contributed by atoms with van der Waals surface area (Å²) < 4.78 is 5.04. The van der Waals surface area contributed by atoms with E-state index in [9.17, 15) is 9.59 Å². The van der Waals surface area contributed by atoms with Crippen LogP contribution in [0.3, 0.4) is 0 Å². The van der Waals surface area contributed by atoms with Crippen molar-refractivity contribution in [2.24, 2.45) is 5.73 Å². The first-order valence-electron chi connectivity index (χ1n) is 5.96. The Labute approximate surface area is 124 Å². The number of carbonyl (C=O) groups excluding carboxylic acids is 2. The molecule has 20 heavy (non-hydrogen) atoms. The lowest BCUT2D eigenvalue weighted by Gasteiger charge is -2.09. The Hall–Kier alpha value is -1.79. The number of nitrogens with one attached hydrogen (secondary N) is 2. The van der Waals surface area contributed by atoms with Crippen molar-refractivity contribution in [1.82, 2.24) is 10.6 Å². The van der Waals surface area contributed by atoms with Crippen molar-refractivity contribution in [1.29, 1.82) is 0 Å². The molecule has 0 spiro atoms. The Balaban J connectivity index is 0.00000361. The van der Waals surface area contributed by atoms with Crippen LogP contribution in [-0.4, -0.2) is 31.5 Å². The first kappa shape index (κ1) is 18.2. The smallest absolute Gasteiger partial charge is 0.239 e. The Morgan fingerprint density at radius 1 is 1.25 bits per heavy atom. The van der Waals surface area contributed by atoms with E-state index < -0.39 is 6.04 Å². The molecule has 0 saturated heterocycles. The predicted octanol–water partition coefficient (Wildman–Crippen LogP) is 0.197. The summed E-state index contributed by atoms with van der Waals surface area (Å²) in [6.45, 7) is 1.89. The van der Waals surface area contributed by atoms with Gasteiger partial charge in [-0.25, -0.2) is 0 Å². The average Bonchev–Trinajstić information content (AvgIpc) is 2.42. The van der Waals surface area contributed by atoms with Crippen LogP contribution in [0.1, 0.15) is 12.5 Å². The largest absolute Gasteiger partial charge is 0.497 e. The molecule has 4 N–H and O–H groups in total. The van der Waals surface area contributed by atoms with Crippen LogP contribution in [0, 0.1) is 0 Å². The molecule has 0 aromatic heterocycles. The number of hydrogen-bond acceptors (Lipinski definition) is 4. The van der Waals surface area contributed by atoms with Crippen molar-refractivity contribution in [3.05, 3.63) is 29.8 Å². The van der Waals surface area contributed by atoms with E-state index in [0.29, 0.717) is 6.54 Å². The normalized spacial score (nSPS) is 10.9. The summed E-state index contributed by atoms with van der Waals surface area (Å²) >= 11 is 0. The topological polar surface area (TPSA) is 93.5 Å². The number of methoxy groups -OCH3 is 1. The van der Waals surface area contributed by atoms with Crippen molar-refractivity contribution in [2.45, 2.75) is 19.5 Å². The number of hydrogen-bond donors (Lipinski definition) is 3. The number of benzene rings is 1. The third-order valence-corrected chi connectivity index (χ3v) is 2.49. The fourth-order valence-electron chi connectivity index (χ4n) is 1.33. The molecule has 1 rings (SSSR count). The van der Waals surface area contributed by atoms with Gasteiger partial charge < -0.3 is 21.1 Å². The molecule has 0 radical (unpaired) electrons. The number of carbonyl (C=O) groups is 2. The molecule has 0 heterocycles. The maximum absolute atomic E-state index is 11.5. The van der Waals surface area contributed by atoms with Crippen LogP contribution in [0.5, 0.6) is 5.75 Å². The van der Waals surface area contributed by atoms with E-state index >= 15 is 0 Å². The highest BCUT2D eigenvalue weighted by Crippen LogP contribution is 2.10.